The van der Waals surface area contributed by atoms with Gasteiger partial charge < -0.3 is 5.11 Å². The highest BCUT2D eigenvalue weighted by Crippen LogP contribution is 2.16. The topological polar surface area (TPSA) is 71.4 Å². The summed E-state index contributed by atoms with van der Waals surface area (Å²) in [4.78, 5) is 10.5. The molecular formula is C11H13ClO4S2. The summed E-state index contributed by atoms with van der Waals surface area (Å²) >= 11 is 7.00. The van der Waals surface area contributed by atoms with Crippen LogP contribution in [0, 0.1) is 0 Å². The maximum Gasteiger partial charge on any atom is 0.304 e. The van der Waals surface area contributed by atoms with Gasteiger partial charge in [-0.1, -0.05) is 11.6 Å². The minimum atomic E-state index is -3.30. The van der Waals surface area contributed by atoms with Gasteiger partial charge in [-0.3, -0.25) is 4.79 Å². The number of thioether (sulfide) groups is 1. The fourth-order valence-electron chi connectivity index (χ4n) is 1.19. The Morgan fingerprint density at radius 2 is 1.83 bits per heavy atom. The van der Waals surface area contributed by atoms with Crippen molar-refractivity contribution in [2.24, 2.45) is 0 Å². The van der Waals surface area contributed by atoms with E-state index in [9.17, 15) is 13.2 Å². The van der Waals surface area contributed by atoms with Crippen molar-refractivity contribution in [1.82, 2.24) is 0 Å². The molecule has 0 aliphatic rings. The Bertz CT molecular complexity index is 496. The molecule has 0 heterocycles. The normalized spacial score (nSPS) is 11.4. The zero-order valence-corrected chi connectivity index (χ0v) is 11.9. The second-order valence-electron chi connectivity index (χ2n) is 3.53. The van der Waals surface area contributed by atoms with Crippen LogP contribution in [0.5, 0.6) is 0 Å². The van der Waals surface area contributed by atoms with Gasteiger partial charge in [0, 0.05) is 16.5 Å². The molecule has 0 aromatic heterocycles. The van der Waals surface area contributed by atoms with Crippen LogP contribution in [0.15, 0.2) is 29.2 Å². The fraction of sp³-hybridized carbons (Fsp3) is 0.364. The molecule has 0 spiro atoms. The Kier molecular flexibility index (Phi) is 5.98. The molecule has 0 aliphatic heterocycles. The third-order valence-electron chi connectivity index (χ3n) is 2.13. The lowest BCUT2D eigenvalue weighted by atomic mass is 10.4. The summed E-state index contributed by atoms with van der Waals surface area (Å²) in [6.45, 7) is 0. The van der Waals surface area contributed by atoms with E-state index in [2.05, 4.69) is 0 Å². The number of carbonyl (C=O) groups is 1. The molecule has 0 atom stereocenters. The molecule has 0 radical (unpaired) electrons. The third-order valence-corrected chi connectivity index (χ3v) is 5.36. The predicted molar refractivity (Wildman–Crippen MR) is 73.1 cm³/mol. The Balaban J connectivity index is 2.45. The first kappa shape index (κ1) is 15.3. The molecule has 0 amide bonds. The van der Waals surface area contributed by atoms with Gasteiger partial charge in [-0.2, -0.15) is 11.8 Å². The van der Waals surface area contributed by atoms with Crippen LogP contribution in [0.3, 0.4) is 0 Å². The maximum atomic E-state index is 11.9. The van der Waals surface area contributed by atoms with Gasteiger partial charge in [0.15, 0.2) is 9.84 Å². The molecule has 0 saturated carbocycles. The van der Waals surface area contributed by atoms with Gasteiger partial charge in [0.2, 0.25) is 0 Å². The molecule has 1 rings (SSSR count). The van der Waals surface area contributed by atoms with E-state index in [1.54, 1.807) is 0 Å². The molecule has 0 bridgehead atoms. The van der Waals surface area contributed by atoms with E-state index < -0.39 is 15.8 Å². The van der Waals surface area contributed by atoms with Crippen molar-refractivity contribution in [3.05, 3.63) is 29.3 Å². The minimum Gasteiger partial charge on any atom is -0.481 e. The van der Waals surface area contributed by atoms with Crippen molar-refractivity contribution < 1.29 is 18.3 Å². The van der Waals surface area contributed by atoms with Gasteiger partial charge in [0.25, 0.3) is 0 Å². The summed E-state index contributed by atoms with van der Waals surface area (Å²) in [5.74, 6) is -0.0640. The summed E-state index contributed by atoms with van der Waals surface area (Å²) in [6, 6.07) is 6.01. The average Bonchev–Trinajstić information content (AvgIpc) is 2.28. The second kappa shape index (κ2) is 7.01. The quantitative estimate of drug-likeness (QED) is 0.783. The highest BCUT2D eigenvalue weighted by atomic mass is 35.5. The smallest absolute Gasteiger partial charge is 0.304 e. The SMILES string of the molecule is O=C(O)CCSCCS(=O)(=O)c1ccc(Cl)cc1. The molecular weight excluding hydrogens is 296 g/mol. The number of hydrogen-bond acceptors (Lipinski definition) is 4. The zero-order valence-electron chi connectivity index (χ0n) is 9.50. The van der Waals surface area contributed by atoms with Crippen molar-refractivity contribution in [3.63, 3.8) is 0 Å². The molecule has 1 N–H and O–H groups in total. The molecule has 4 nitrogen and oxygen atoms in total. The van der Waals surface area contributed by atoms with Gasteiger partial charge in [-0.05, 0) is 24.3 Å². The Morgan fingerprint density at radius 1 is 1.22 bits per heavy atom. The van der Waals surface area contributed by atoms with Crippen LogP contribution in [0.25, 0.3) is 0 Å². The van der Waals surface area contributed by atoms with E-state index in [-0.39, 0.29) is 17.1 Å². The number of halogens is 1. The summed E-state index contributed by atoms with van der Waals surface area (Å²) in [7, 11) is -3.30. The maximum absolute atomic E-state index is 11.9. The second-order valence-corrected chi connectivity index (χ2v) is 7.30. The lowest BCUT2D eigenvalue weighted by Gasteiger charge is -2.04. The lowest BCUT2D eigenvalue weighted by Crippen LogP contribution is -2.09. The highest BCUT2D eigenvalue weighted by molar-refractivity contribution is 8.00. The van der Waals surface area contributed by atoms with E-state index in [1.807, 2.05) is 0 Å². The molecule has 1 aromatic rings. The van der Waals surface area contributed by atoms with Gasteiger partial charge in [-0.25, -0.2) is 8.42 Å². The Hall–Kier alpha value is -0.720. The third kappa shape index (κ3) is 5.29. The number of sulfone groups is 1. The van der Waals surface area contributed by atoms with Crippen LogP contribution in [0.2, 0.25) is 5.02 Å². The van der Waals surface area contributed by atoms with Crippen LogP contribution < -0.4 is 0 Å². The first-order valence-electron chi connectivity index (χ1n) is 5.20. The summed E-state index contributed by atoms with van der Waals surface area (Å²) < 4.78 is 23.7. The highest BCUT2D eigenvalue weighted by Gasteiger charge is 2.13. The molecule has 18 heavy (non-hydrogen) atoms. The standard InChI is InChI=1S/C11H13ClO4S2/c12-9-1-3-10(4-2-9)18(15,16)8-7-17-6-5-11(13)14/h1-4H,5-8H2,(H,13,14). The molecule has 0 saturated heterocycles. The average molecular weight is 309 g/mol. The van der Waals surface area contributed by atoms with E-state index >= 15 is 0 Å². The van der Waals surface area contributed by atoms with Crippen molar-refractivity contribution in [2.75, 3.05) is 17.3 Å². The summed E-state index contributed by atoms with van der Waals surface area (Å²) in [6.07, 6.45) is 0.0473. The molecule has 0 unspecified atom stereocenters. The van der Waals surface area contributed by atoms with Crippen molar-refractivity contribution in [1.29, 1.82) is 0 Å². The van der Waals surface area contributed by atoms with E-state index in [0.29, 0.717) is 16.5 Å². The van der Waals surface area contributed by atoms with E-state index in [0.717, 1.165) is 0 Å². The number of rotatable bonds is 7. The van der Waals surface area contributed by atoms with Crippen LogP contribution in [0.1, 0.15) is 6.42 Å². The zero-order chi connectivity index (χ0) is 13.6. The Morgan fingerprint density at radius 3 is 2.39 bits per heavy atom. The van der Waals surface area contributed by atoms with Gasteiger partial charge >= 0.3 is 5.97 Å². The summed E-state index contributed by atoms with van der Waals surface area (Å²) in [5.41, 5.74) is 0. The van der Waals surface area contributed by atoms with Crippen molar-refractivity contribution in [2.45, 2.75) is 11.3 Å². The van der Waals surface area contributed by atoms with Crippen molar-refractivity contribution in [3.8, 4) is 0 Å². The van der Waals surface area contributed by atoms with Gasteiger partial charge in [0.1, 0.15) is 0 Å². The van der Waals surface area contributed by atoms with Crippen LogP contribution in [-0.4, -0.2) is 36.8 Å². The van der Waals surface area contributed by atoms with E-state index in [1.165, 1.54) is 36.0 Å². The van der Waals surface area contributed by atoms with Gasteiger partial charge in [0.05, 0.1) is 17.1 Å². The Labute approximate surface area is 115 Å². The monoisotopic (exact) mass is 308 g/mol. The van der Waals surface area contributed by atoms with Gasteiger partial charge in [-0.15, -0.1) is 0 Å². The molecule has 7 heteroatoms. The lowest BCUT2D eigenvalue weighted by molar-refractivity contribution is -0.136. The number of carboxylic acid groups (broad SMARTS) is 1. The molecule has 0 aliphatic carbocycles. The predicted octanol–water partition coefficient (Wildman–Crippen LogP) is 2.32. The van der Waals surface area contributed by atoms with Crippen LogP contribution >= 0.6 is 23.4 Å². The largest absolute Gasteiger partial charge is 0.481 e. The number of aliphatic carboxylic acids is 1. The number of carboxylic acids is 1. The minimum absolute atomic E-state index is 0.00107. The first-order chi connectivity index (χ1) is 8.42. The summed E-state index contributed by atoms with van der Waals surface area (Å²) in [5, 5.41) is 8.92. The molecule has 0 fully saturated rings. The molecule has 1 aromatic carbocycles. The first-order valence-corrected chi connectivity index (χ1v) is 8.38. The van der Waals surface area contributed by atoms with E-state index in [4.69, 9.17) is 16.7 Å². The number of hydrogen-bond donors (Lipinski definition) is 1. The number of benzene rings is 1. The fourth-order valence-corrected chi connectivity index (χ4v) is 3.97. The van der Waals surface area contributed by atoms with Crippen LogP contribution in [0.4, 0.5) is 0 Å². The van der Waals surface area contributed by atoms with Crippen LogP contribution in [-0.2, 0) is 14.6 Å². The molecule has 100 valence electrons. The van der Waals surface area contributed by atoms with Crippen molar-refractivity contribution >= 4 is 39.2 Å².